The van der Waals surface area contributed by atoms with Crippen LogP contribution in [0.5, 0.6) is 0 Å². The van der Waals surface area contributed by atoms with E-state index in [1.807, 2.05) is 7.11 Å². The summed E-state index contributed by atoms with van der Waals surface area (Å²) in [6.07, 6.45) is 8.54. The molecule has 0 aromatic carbocycles. The zero-order chi connectivity index (χ0) is 10.7. The molecule has 2 rings (SSSR count). The van der Waals surface area contributed by atoms with Crippen LogP contribution in [0.4, 0.5) is 0 Å². The molecule has 0 aliphatic heterocycles. The molecule has 0 amide bonds. The second-order valence-corrected chi connectivity index (χ2v) is 5.40. The predicted octanol–water partition coefficient (Wildman–Crippen LogP) is 2.58. The first kappa shape index (κ1) is 11.4. The van der Waals surface area contributed by atoms with Crippen LogP contribution in [-0.2, 0) is 4.74 Å². The van der Waals surface area contributed by atoms with Crippen molar-refractivity contribution < 1.29 is 4.74 Å². The van der Waals surface area contributed by atoms with Gasteiger partial charge in [-0.1, -0.05) is 12.8 Å². The summed E-state index contributed by atoms with van der Waals surface area (Å²) in [5, 5.41) is 3.80. The van der Waals surface area contributed by atoms with Gasteiger partial charge >= 0.3 is 0 Å². The highest BCUT2D eigenvalue weighted by Crippen LogP contribution is 2.34. The molecule has 88 valence electrons. The smallest absolute Gasteiger partial charge is 0.0618 e. The van der Waals surface area contributed by atoms with Gasteiger partial charge in [0, 0.05) is 19.2 Å². The van der Waals surface area contributed by atoms with Crippen molar-refractivity contribution in [3.05, 3.63) is 0 Å². The molecule has 0 radical (unpaired) electrons. The van der Waals surface area contributed by atoms with Crippen LogP contribution >= 0.6 is 0 Å². The van der Waals surface area contributed by atoms with Crippen molar-refractivity contribution >= 4 is 0 Å². The zero-order valence-electron chi connectivity index (χ0n) is 10.2. The number of methoxy groups -OCH3 is 1. The molecule has 15 heavy (non-hydrogen) atoms. The van der Waals surface area contributed by atoms with Gasteiger partial charge in [0.15, 0.2) is 0 Å². The first-order valence-corrected chi connectivity index (χ1v) is 6.56. The average Bonchev–Trinajstić information content (AvgIpc) is 2.92. The van der Waals surface area contributed by atoms with Crippen LogP contribution in [0.1, 0.15) is 45.4 Å². The van der Waals surface area contributed by atoms with Crippen LogP contribution < -0.4 is 5.32 Å². The van der Waals surface area contributed by atoms with E-state index in [-0.39, 0.29) is 0 Å². The highest BCUT2D eigenvalue weighted by molar-refractivity contribution is 4.89. The second kappa shape index (κ2) is 5.31. The summed E-state index contributed by atoms with van der Waals surface area (Å²) < 4.78 is 5.31. The minimum Gasteiger partial charge on any atom is -0.383 e. The van der Waals surface area contributed by atoms with Gasteiger partial charge in [0.2, 0.25) is 0 Å². The Labute approximate surface area is 93.8 Å². The monoisotopic (exact) mass is 211 g/mol. The van der Waals surface area contributed by atoms with E-state index >= 15 is 0 Å². The fourth-order valence-electron chi connectivity index (χ4n) is 2.93. The molecular weight excluding hydrogens is 186 g/mol. The van der Waals surface area contributed by atoms with Gasteiger partial charge < -0.3 is 10.1 Å². The van der Waals surface area contributed by atoms with E-state index in [0.29, 0.717) is 12.1 Å². The van der Waals surface area contributed by atoms with Gasteiger partial charge in [-0.15, -0.1) is 0 Å². The van der Waals surface area contributed by atoms with Crippen molar-refractivity contribution in [1.29, 1.82) is 0 Å². The summed E-state index contributed by atoms with van der Waals surface area (Å²) in [6, 6.07) is 1.30. The molecule has 0 spiro atoms. The van der Waals surface area contributed by atoms with Gasteiger partial charge in [-0.2, -0.15) is 0 Å². The van der Waals surface area contributed by atoms with Crippen molar-refractivity contribution in [3.63, 3.8) is 0 Å². The van der Waals surface area contributed by atoms with Crippen LogP contribution in [0.15, 0.2) is 0 Å². The highest BCUT2D eigenvalue weighted by atomic mass is 16.5. The quantitative estimate of drug-likeness (QED) is 0.729. The van der Waals surface area contributed by atoms with Crippen LogP contribution in [-0.4, -0.2) is 25.8 Å². The molecule has 2 unspecified atom stereocenters. The Bertz CT molecular complexity index is 185. The second-order valence-electron chi connectivity index (χ2n) is 5.40. The summed E-state index contributed by atoms with van der Waals surface area (Å²) in [4.78, 5) is 0. The SMILES string of the molecule is COCC(NC(C)C1CCCC1)C1CC1. The van der Waals surface area contributed by atoms with Crippen molar-refractivity contribution in [2.24, 2.45) is 11.8 Å². The molecule has 2 saturated carbocycles. The minimum absolute atomic E-state index is 0.616. The van der Waals surface area contributed by atoms with Crippen molar-refractivity contribution in [3.8, 4) is 0 Å². The third-order valence-corrected chi connectivity index (χ3v) is 4.12. The van der Waals surface area contributed by atoms with Crippen LogP contribution in [0.3, 0.4) is 0 Å². The van der Waals surface area contributed by atoms with E-state index in [0.717, 1.165) is 18.4 Å². The van der Waals surface area contributed by atoms with Gasteiger partial charge in [0.1, 0.15) is 0 Å². The minimum atomic E-state index is 0.616. The molecule has 0 heterocycles. The molecule has 0 aromatic heterocycles. The summed E-state index contributed by atoms with van der Waals surface area (Å²) in [6.45, 7) is 3.25. The molecule has 2 aliphatic rings. The third-order valence-electron chi connectivity index (χ3n) is 4.12. The Balaban J connectivity index is 1.76. The van der Waals surface area contributed by atoms with E-state index < -0.39 is 0 Å². The number of hydrogen-bond acceptors (Lipinski definition) is 2. The van der Waals surface area contributed by atoms with Crippen molar-refractivity contribution in [2.45, 2.75) is 57.5 Å². The van der Waals surface area contributed by atoms with E-state index in [1.54, 1.807) is 0 Å². The normalized spacial score (nSPS) is 26.8. The summed E-state index contributed by atoms with van der Waals surface area (Å²) in [5.41, 5.74) is 0. The maximum Gasteiger partial charge on any atom is 0.0618 e. The van der Waals surface area contributed by atoms with Crippen molar-refractivity contribution in [1.82, 2.24) is 5.32 Å². The van der Waals surface area contributed by atoms with E-state index in [1.165, 1.54) is 38.5 Å². The summed E-state index contributed by atoms with van der Waals surface area (Å²) >= 11 is 0. The lowest BCUT2D eigenvalue weighted by Crippen LogP contribution is -2.44. The summed E-state index contributed by atoms with van der Waals surface area (Å²) in [5.74, 6) is 1.82. The number of ether oxygens (including phenoxy) is 1. The predicted molar refractivity (Wildman–Crippen MR) is 62.9 cm³/mol. The number of hydrogen-bond donors (Lipinski definition) is 1. The molecule has 0 saturated heterocycles. The highest BCUT2D eigenvalue weighted by Gasteiger charge is 2.33. The average molecular weight is 211 g/mol. The van der Waals surface area contributed by atoms with Crippen LogP contribution in [0.25, 0.3) is 0 Å². The molecule has 2 aliphatic carbocycles. The van der Waals surface area contributed by atoms with Gasteiger partial charge in [0.25, 0.3) is 0 Å². The summed E-state index contributed by atoms with van der Waals surface area (Å²) in [7, 11) is 1.82. The fourth-order valence-corrected chi connectivity index (χ4v) is 2.93. The number of rotatable bonds is 6. The van der Waals surface area contributed by atoms with Crippen LogP contribution in [0.2, 0.25) is 0 Å². The first-order valence-electron chi connectivity index (χ1n) is 6.56. The first-order chi connectivity index (χ1) is 7.31. The lowest BCUT2D eigenvalue weighted by atomic mass is 9.98. The molecule has 2 atom stereocenters. The third kappa shape index (κ3) is 3.18. The Morgan fingerprint density at radius 2 is 1.80 bits per heavy atom. The van der Waals surface area contributed by atoms with Gasteiger partial charge in [-0.25, -0.2) is 0 Å². The Hall–Kier alpha value is -0.0800. The fraction of sp³-hybridized carbons (Fsp3) is 1.00. The van der Waals surface area contributed by atoms with E-state index in [9.17, 15) is 0 Å². The molecule has 0 bridgehead atoms. The Morgan fingerprint density at radius 1 is 1.13 bits per heavy atom. The van der Waals surface area contributed by atoms with Crippen LogP contribution in [0, 0.1) is 11.8 Å². The van der Waals surface area contributed by atoms with Gasteiger partial charge in [0.05, 0.1) is 6.61 Å². The Kier molecular flexibility index (Phi) is 4.04. The van der Waals surface area contributed by atoms with E-state index in [2.05, 4.69) is 12.2 Å². The lowest BCUT2D eigenvalue weighted by molar-refractivity contribution is 0.146. The molecule has 2 fully saturated rings. The van der Waals surface area contributed by atoms with Crippen molar-refractivity contribution in [2.75, 3.05) is 13.7 Å². The molecule has 1 N–H and O–H groups in total. The molecule has 2 heteroatoms. The maximum absolute atomic E-state index is 5.31. The van der Waals surface area contributed by atoms with Gasteiger partial charge in [-0.3, -0.25) is 0 Å². The zero-order valence-corrected chi connectivity index (χ0v) is 10.2. The largest absolute Gasteiger partial charge is 0.383 e. The topological polar surface area (TPSA) is 21.3 Å². The standard InChI is InChI=1S/C13H25NO/c1-10(11-5-3-4-6-11)14-13(9-15-2)12-7-8-12/h10-14H,3-9H2,1-2H3. The Morgan fingerprint density at radius 3 is 2.33 bits per heavy atom. The van der Waals surface area contributed by atoms with E-state index in [4.69, 9.17) is 4.74 Å². The number of nitrogens with one attached hydrogen (secondary N) is 1. The molecule has 0 aromatic rings. The lowest BCUT2D eigenvalue weighted by Gasteiger charge is -2.26. The maximum atomic E-state index is 5.31. The molecule has 2 nitrogen and oxygen atoms in total. The molecular formula is C13H25NO. The van der Waals surface area contributed by atoms with Gasteiger partial charge in [-0.05, 0) is 44.4 Å².